The molecule has 24 heavy (non-hydrogen) atoms. The summed E-state index contributed by atoms with van der Waals surface area (Å²) in [7, 11) is 0. The molecule has 0 heterocycles. The summed E-state index contributed by atoms with van der Waals surface area (Å²) in [6.07, 6.45) is -1.07. The quantitative estimate of drug-likeness (QED) is 0.502. The minimum atomic E-state index is -2.30. The molecule has 2 aromatic carbocycles. The van der Waals surface area contributed by atoms with Crippen LogP contribution in [0.15, 0.2) is 30.3 Å². The number of anilines is 1. The van der Waals surface area contributed by atoms with E-state index >= 15 is 0 Å². The van der Waals surface area contributed by atoms with Crippen LogP contribution in [0.3, 0.4) is 0 Å². The fourth-order valence-electron chi connectivity index (χ4n) is 1.90. The van der Waals surface area contributed by atoms with Crippen LogP contribution in [0, 0.1) is 29.1 Å². The normalized spacial score (nSPS) is 11.9. The molecular formula is C16H12F5NO2. The maximum absolute atomic E-state index is 13.6. The van der Waals surface area contributed by atoms with E-state index in [2.05, 4.69) is 0 Å². The first-order chi connectivity index (χ1) is 11.4. The Morgan fingerprint density at radius 1 is 0.958 bits per heavy atom. The molecule has 3 nitrogen and oxygen atoms in total. The Balaban J connectivity index is 2.25. The lowest BCUT2D eigenvalue weighted by Crippen LogP contribution is -2.33. The van der Waals surface area contributed by atoms with E-state index in [1.807, 2.05) is 0 Å². The van der Waals surface area contributed by atoms with Gasteiger partial charge in [0.15, 0.2) is 29.4 Å². The number of hydrogen-bond donors (Lipinski definition) is 1. The summed E-state index contributed by atoms with van der Waals surface area (Å²) in [4.78, 5) is 12.1. The van der Waals surface area contributed by atoms with Crippen LogP contribution in [0.5, 0.6) is 5.75 Å². The molecular weight excluding hydrogens is 333 g/mol. The highest BCUT2D eigenvalue weighted by Gasteiger charge is 2.29. The van der Waals surface area contributed by atoms with E-state index in [0.717, 1.165) is 0 Å². The van der Waals surface area contributed by atoms with Crippen molar-refractivity contribution in [3.8, 4) is 5.75 Å². The fraction of sp³-hybridized carbons (Fsp3) is 0.188. The average Bonchev–Trinajstić information content (AvgIpc) is 2.60. The van der Waals surface area contributed by atoms with Crippen LogP contribution >= 0.6 is 0 Å². The second kappa shape index (κ2) is 7.29. The van der Waals surface area contributed by atoms with Crippen molar-refractivity contribution in [3.05, 3.63) is 59.4 Å². The summed E-state index contributed by atoms with van der Waals surface area (Å²) in [6, 6.07) is 8.10. The number of benzene rings is 2. The Morgan fingerprint density at radius 2 is 1.46 bits per heavy atom. The van der Waals surface area contributed by atoms with Gasteiger partial charge in [-0.3, -0.25) is 4.79 Å². The number of hydrogen-bond acceptors (Lipinski definition) is 2. The minimum absolute atomic E-state index is 0.107. The average molecular weight is 345 g/mol. The van der Waals surface area contributed by atoms with Crippen molar-refractivity contribution >= 4 is 11.6 Å². The number of carbonyl (C=O) groups is 1. The van der Waals surface area contributed by atoms with Gasteiger partial charge in [0, 0.05) is 0 Å². The molecule has 8 heteroatoms. The van der Waals surface area contributed by atoms with Crippen LogP contribution < -0.4 is 10.1 Å². The van der Waals surface area contributed by atoms with Gasteiger partial charge in [0.25, 0.3) is 5.91 Å². The van der Waals surface area contributed by atoms with Gasteiger partial charge in [0.05, 0.1) is 0 Å². The number of carbonyl (C=O) groups excluding carboxylic acids is 1. The molecule has 2 rings (SSSR count). The number of rotatable bonds is 5. The van der Waals surface area contributed by atoms with Crippen molar-refractivity contribution in [3.63, 3.8) is 0 Å². The van der Waals surface area contributed by atoms with Gasteiger partial charge in [-0.2, -0.15) is 0 Å². The zero-order chi connectivity index (χ0) is 17.9. The maximum atomic E-state index is 13.6. The monoisotopic (exact) mass is 345 g/mol. The third-order valence-corrected chi connectivity index (χ3v) is 3.14. The number of ether oxygens (including phenoxy) is 1. The first-order valence-corrected chi connectivity index (χ1v) is 6.90. The summed E-state index contributed by atoms with van der Waals surface area (Å²) in [5.41, 5.74) is -1.41. The largest absolute Gasteiger partial charge is 0.481 e. The highest BCUT2D eigenvalue weighted by molar-refractivity contribution is 5.94. The molecule has 0 aliphatic carbocycles. The number of amides is 1. The Bertz CT molecular complexity index is 723. The van der Waals surface area contributed by atoms with Gasteiger partial charge in [-0.1, -0.05) is 25.1 Å². The molecule has 2 aromatic rings. The van der Waals surface area contributed by atoms with Crippen molar-refractivity contribution in [2.45, 2.75) is 19.4 Å². The van der Waals surface area contributed by atoms with Crippen LogP contribution in [-0.4, -0.2) is 12.0 Å². The molecule has 0 spiro atoms. The van der Waals surface area contributed by atoms with Crippen LogP contribution in [0.2, 0.25) is 0 Å². The number of nitrogens with one attached hydrogen (secondary N) is 1. The first kappa shape index (κ1) is 17.7. The van der Waals surface area contributed by atoms with E-state index in [9.17, 15) is 26.7 Å². The Kier molecular flexibility index (Phi) is 5.38. The van der Waals surface area contributed by atoms with Gasteiger partial charge in [-0.15, -0.1) is 0 Å². The smallest absolute Gasteiger partial charge is 0.265 e. The molecule has 0 bridgehead atoms. The molecule has 0 aliphatic rings. The third kappa shape index (κ3) is 3.47. The lowest BCUT2D eigenvalue weighted by molar-refractivity contribution is -0.122. The van der Waals surface area contributed by atoms with E-state index in [1.54, 1.807) is 42.6 Å². The van der Waals surface area contributed by atoms with Gasteiger partial charge in [0.2, 0.25) is 5.82 Å². The topological polar surface area (TPSA) is 38.3 Å². The molecule has 128 valence electrons. The van der Waals surface area contributed by atoms with Crippen LogP contribution in [-0.2, 0) is 4.79 Å². The SMILES string of the molecule is CCC(Oc1ccccc1)C(=O)Nc1c(F)c(F)c(F)c(F)c1F. The van der Waals surface area contributed by atoms with E-state index in [4.69, 9.17) is 4.74 Å². The van der Waals surface area contributed by atoms with Crippen LogP contribution in [0.1, 0.15) is 13.3 Å². The maximum Gasteiger partial charge on any atom is 0.265 e. The minimum Gasteiger partial charge on any atom is -0.481 e. The zero-order valence-corrected chi connectivity index (χ0v) is 12.4. The Morgan fingerprint density at radius 3 is 1.96 bits per heavy atom. The fourth-order valence-corrected chi connectivity index (χ4v) is 1.90. The number of para-hydroxylation sites is 1. The summed E-state index contributed by atoms with van der Waals surface area (Å²) in [5, 5.41) is 1.70. The van der Waals surface area contributed by atoms with Crippen LogP contribution in [0.25, 0.3) is 0 Å². The zero-order valence-electron chi connectivity index (χ0n) is 12.4. The lowest BCUT2D eigenvalue weighted by Gasteiger charge is -2.18. The molecule has 0 saturated carbocycles. The molecule has 0 radical (unpaired) electrons. The third-order valence-electron chi connectivity index (χ3n) is 3.14. The summed E-state index contributed by atoms with van der Waals surface area (Å²) in [6.45, 7) is 1.56. The molecule has 0 saturated heterocycles. The van der Waals surface area contributed by atoms with E-state index in [1.165, 1.54) is 0 Å². The van der Waals surface area contributed by atoms with Crippen molar-refractivity contribution in [2.75, 3.05) is 5.32 Å². The van der Waals surface area contributed by atoms with E-state index in [-0.39, 0.29) is 6.42 Å². The Labute approximate surface area is 134 Å². The lowest BCUT2D eigenvalue weighted by atomic mass is 10.2. The summed E-state index contributed by atoms with van der Waals surface area (Å²) >= 11 is 0. The predicted molar refractivity (Wildman–Crippen MR) is 76.0 cm³/mol. The molecule has 0 aromatic heterocycles. The predicted octanol–water partition coefficient (Wildman–Crippen LogP) is 4.18. The molecule has 1 amide bonds. The van der Waals surface area contributed by atoms with E-state index < -0.39 is 46.8 Å². The number of halogens is 5. The molecule has 1 atom stereocenters. The van der Waals surface area contributed by atoms with Crippen molar-refractivity contribution < 1.29 is 31.5 Å². The molecule has 1 unspecified atom stereocenters. The summed E-state index contributed by atoms with van der Waals surface area (Å²) < 4.78 is 71.8. The highest BCUT2D eigenvalue weighted by atomic mass is 19.2. The van der Waals surface area contributed by atoms with Gasteiger partial charge < -0.3 is 10.1 Å². The van der Waals surface area contributed by atoms with Crippen molar-refractivity contribution in [2.24, 2.45) is 0 Å². The standard InChI is InChI=1S/C16H12F5NO2/c1-2-9(24-8-6-4-3-5-7-8)16(23)22-15-13(20)11(18)10(17)12(19)14(15)21/h3-7,9H,2H2,1H3,(H,22,23). The second-order valence-corrected chi connectivity index (χ2v) is 4.76. The molecule has 0 fully saturated rings. The van der Waals surface area contributed by atoms with Gasteiger partial charge >= 0.3 is 0 Å². The van der Waals surface area contributed by atoms with E-state index in [0.29, 0.717) is 5.75 Å². The Hall–Kier alpha value is -2.64. The van der Waals surface area contributed by atoms with Gasteiger partial charge in [0.1, 0.15) is 11.4 Å². The van der Waals surface area contributed by atoms with Crippen molar-refractivity contribution in [1.29, 1.82) is 0 Å². The molecule has 0 aliphatic heterocycles. The van der Waals surface area contributed by atoms with Gasteiger partial charge in [-0.05, 0) is 18.6 Å². The molecule has 1 N–H and O–H groups in total. The van der Waals surface area contributed by atoms with Crippen molar-refractivity contribution in [1.82, 2.24) is 0 Å². The summed E-state index contributed by atoms with van der Waals surface area (Å²) in [5.74, 6) is -11.5. The second-order valence-electron chi connectivity index (χ2n) is 4.76. The van der Waals surface area contributed by atoms with Crippen LogP contribution in [0.4, 0.5) is 27.6 Å². The van der Waals surface area contributed by atoms with Gasteiger partial charge in [-0.25, -0.2) is 22.0 Å². The highest BCUT2D eigenvalue weighted by Crippen LogP contribution is 2.27. The first-order valence-electron chi connectivity index (χ1n) is 6.90.